The maximum atomic E-state index is 14.0. The molecule has 0 radical (unpaired) electrons. The van der Waals surface area contributed by atoms with Crippen molar-refractivity contribution in [3.63, 3.8) is 0 Å². The summed E-state index contributed by atoms with van der Waals surface area (Å²) in [6, 6.07) is 11.0. The molecule has 10 heteroatoms. The molecule has 1 heterocycles. The molecule has 0 aliphatic rings. The van der Waals surface area contributed by atoms with Gasteiger partial charge in [-0.05, 0) is 35.9 Å². The zero-order valence-electron chi connectivity index (χ0n) is 14.3. The summed E-state index contributed by atoms with van der Waals surface area (Å²) in [6.07, 6.45) is 0. The number of benzene rings is 2. The van der Waals surface area contributed by atoms with Crippen LogP contribution in [0, 0.1) is 5.95 Å². The maximum Gasteiger partial charge on any atom is 0.341 e. The largest absolute Gasteiger partial charge is 0.507 e. The standard InChI is InChI=1S/C19H11Cl3FNO5/c20-10-3-1-2-9(6-10)12-7-11(4-5-13(12)25)29-17-15(21)18(23)24-19(16(17)22)28-8-14(26)27/h1-7,25H,8H2,(H,26,27). The van der Waals surface area contributed by atoms with Gasteiger partial charge in [-0.1, -0.05) is 46.9 Å². The zero-order valence-corrected chi connectivity index (χ0v) is 16.6. The number of hydrogen-bond donors (Lipinski definition) is 2. The Labute approximate surface area is 179 Å². The number of phenols is 1. The van der Waals surface area contributed by atoms with E-state index in [4.69, 9.17) is 49.4 Å². The Balaban J connectivity index is 2.00. The van der Waals surface area contributed by atoms with Crippen LogP contribution >= 0.6 is 34.8 Å². The third kappa shape index (κ3) is 4.82. The second kappa shape index (κ2) is 8.73. The summed E-state index contributed by atoms with van der Waals surface area (Å²) in [5, 5.41) is 18.5. The number of rotatable bonds is 6. The van der Waals surface area contributed by atoms with Crippen molar-refractivity contribution < 1.29 is 28.9 Å². The van der Waals surface area contributed by atoms with Crippen molar-refractivity contribution in [1.29, 1.82) is 0 Å². The molecule has 0 aliphatic carbocycles. The summed E-state index contributed by atoms with van der Waals surface area (Å²) < 4.78 is 24.5. The Morgan fingerprint density at radius 1 is 1.10 bits per heavy atom. The van der Waals surface area contributed by atoms with Crippen molar-refractivity contribution in [2.75, 3.05) is 6.61 Å². The number of pyridine rings is 1. The fraction of sp³-hybridized carbons (Fsp3) is 0.0526. The number of carbonyl (C=O) groups is 1. The number of carboxylic acids is 1. The van der Waals surface area contributed by atoms with E-state index >= 15 is 0 Å². The summed E-state index contributed by atoms with van der Waals surface area (Å²) in [7, 11) is 0. The molecule has 1 aromatic heterocycles. The van der Waals surface area contributed by atoms with Crippen LogP contribution in [0.1, 0.15) is 0 Å². The number of carboxylic acid groups (broad SMARTS) is 1. The van der Waals surface area contributed by atoms with Gasteiger partial charge in [-0.2, -0.15) is 9.37 Å². The fourth-order valence-electron chi connectivity index (χ4n) is 2.37. The molecule has 6 nitrogen and oxygen atoms in total. The molecule has 150 valence electrons. The molecular weight excluding hydrogens is 448 g/mol. The first-order chi connectivity index (χ1) is 13.8. The number of nitrogens with zero attached hydrogens (tertiary/aromatic N) is 1. The number of aromatic nitrogens is 1. The van der Waals surface area contributed by atoms with Crippen molar-refractivity contribution in [3.8, 4) is 34.3 Å². The van der Waals surface area contributed by atoms with Gasteiger partial charge in [0.15, 0.2) is 12.4 Å². The first-order valence-corrected chi connectivity index (χ1v) is 9.05. The lowest BCUT2D eigenvalue weighted by Gasteiger charge is -2.14. The Morgan fingerprint density at radius 3 is 2.55 bits per heavy atom. The van der Waals surface area contributed by atoms with Crippen LogP contribution in [0.4, 0.5) is 4.39 Å². The molecule has 0 saturated heterocycles. The molecule has 0 spiro atoms. The minimum atomic E-state index is -1.30. The number of ether oxygens (including phenoxy) is 2. The quantitative estimate of drug-likeness (QED) is 0.453. The third-order valence-electron chi connectivity index (χ3n) is 3.62. The highest BCUT2D eigenvalue weighted by molar-refractivity contribution is 6.38. The predicted octanol–water partition coefficient (Wildman–Crippen LogP) is 5.81. The van der Waals surface area contributed by atoms with E-state index in [1.165, 1.54) is 18.2 Å². The van der Waals surface area contributed by atoms with Gasteiger partial charge in [0.05, 0.1) is 0 Å². The van der Waals surface area contributed by atoms with E-state index in [0.29, 0.717) is 16.1 Å². The molecule has 3 aromatic rings. The smallest absolute Gasteiger partial charge is 0.341 e. The summed E-state index contributed by atoms with van der Waals surface area (Å²) in [6.45, 7) is -0.786. The lowest BCUT2D eigenvalue weighted by molar-refractivity contribution is -0.139. The minimum Gasteiger partial charge on any atom is -0.507 e. The predicted molar refractivity (Wildman–Crippen MR) is 106 cm³/mol. The van der Waals surface area contributed by atoms with Crippen LogP contribution in [0.3, 0.4) is 0 Å². The Bertz CT molecular complexity index is 1090. The molecule has 0 unspecified atom stereocenters. The van der Waals surface area contributed by atoms with E-state index in [0.717, 1.165) is 0 Å². The number of aliphatic carboxylic acids is 1. The Kier molecular flexibility index (Phi) is 6.32. The first-order valence-electron chi connectivity index (χ1n) is 7.92. The average Bonchev–Trinajstić information content (AvgIpc) is 2.68. The number of aromatic hydroxyl groups is 1. The molecule has 2 N–H and O–H groups in total. The molecule has 3 rings (SSSR count). The van der Waals surface area contributed by atoms with E-state index in [1.807, 2.05) is 0 Å². The average molecular weight is 459 g/mol. The van der Waals surface area contributed by atoms with Crippen molar-refractivity contribution in [2.45, 2.75) is 0 Å². The number of halogens is 4. The lowest BCUT2D eigenvalue weighted by atomic mass is 10.0. The molecule has 0 aliphatic heterocycles. The molecule has 29 heavy (non-hydrogen) atoms. The highest BCUT2D eigenvalue weighted by Crippen LogP contribution is 2.43. The summed E-state index contributed by atoms with van der Waals surface area (Å²) in [5.41, 5.74) is 1.01. The number of phenolic OH excluding ortho intramolecular Hbond substituents is 1. The fourth-order valence-corrected chi connectivity index (χ4v) is 3.02. The summed E-state index contributed by atoms with van der Waals surface area (Å²) >= 11 is 18.0. The molecule has 0 amide bonds. The Hall–Kier alpha value is -2.74. The maximum absolute atomic E-state index is 14.0. The van der Waals surface area contributed by atoms with Crippen molar-refractivity contribution in [1.82, 2.24) is 4.98 Å². The first kappa shape index (κ1) is 21.0. The van der Waals surface area contributed by atoms with Crippen molar-refractivity contribution >= 4 is 40.8 Å². The van der Waals surface area contributed by atoms with Crippen LogP contribution in [0.15, 0.2) is 42.5 Å². The van der Waals surface area contributed by atoms with Gasteiger partial charge in [0, 0.05) is 10.6 Å². The summed E-state index contributed by atoms with van der Waals surface area (Å²) in [5.74, 6) is -3.13. The van der Waals surface area contributed by atoms with Gasteiger partial charge >= 0.3 is 5.97 Å². The van der Waals surface area contributed by atoms with Gasteiger partial charge in [0.1, 0.15) is 21.5 Å². The van der Waals surface area contributed by atoms with Crippen LogP contribution in [0.2, 0.25) is 15.1 Å². The Morgan fingerprint density at radius 2 is 1.86 bits per heavy atom. The number of hydrogen-bond acceptors (Lipinski definition) is 5. The normalized spacial score (nSPS) is 10.6. The molecule has 0 fully saturated rings. The van der Waals surface area contributed by atoms with Crippen LogP contribution < -0.4 is 9.47 Å². The topological polar surface area (TPSA) is 88.9 Å². The lowest BCUT2D eigenvalue weighted by Crippen LogP contribution is -2.11. The van der Waals surface area contributed by atoms with Crippen LogP contribution in [0.5, 0.6) is 23.1 Å². The highest BCUT2D eigenvalue weighted by atomic mass is 35.5. The zero-order chi connectivity index (χ0) is 21.1. The van der Waals surface area contributed by atoms with Crippen molar-refractivity contribution in [2.24, 2.45) is 0 Å². The van der Waals surface area contributed by atoms with Crippen LogP contribution in [0.25, 0.3) is 11.1 Å². The van der Waals surface area contributed by atoms with Gasteiger partial charge in [0.2, 0.25) is 11.8 Å². The third-order valence-corrected chi connectivity index (χ3v) is 4.52. The van der Waals surface area contributed by atoms with Crippen LogP contribution in [-0.2, 0) is 4.79 Å². The van der Waals surface area contributed by atoms with E-state index in [1.54, 1.807) is 24.3 Å². The second-order valence-electron chi connectivity index (χ2n) is 5.64. The highest BCUT2D eigenvalue weighted by Gasteiger charge is 2.22. The van der Waals surface area contributed by atoms with Gasteiger partial charge in [-0.3, -0.25) is 0 Å². The molecule has 0 bridgehead atoms. The molecule has 0 saturated carbocycles. The SMILES string of the molecule is O=C(O)COc1nc(F)c(Cl)c(Oc2ccc(O)c(-c3cccc(Cl)c3)c2)c1Cl. The second-order valence-corrected chi connectivity index (χ2v) is 6.83. The molecule has 0 atom stereocenters. The molecule has 2 aromatic carbocycles. The molecular formula is C19H11Cl3FNO5. The van der Waals surface area contributed by atoms with E-state index in [9.17, 15) is 14.3 Å². The van der Waals surface area contributed by atoms with Gasteiger partial charge < -0.3 is 19.7 Å². The van der Waals surface area contributed by atoms with Gasteiger partial charge in [0.25, 0.3) is 0 Å². The monoisotopic (exact) mass is 457 g/mol. The van der Waals surface area contributed by atoms with Gasteiger partial charge in [-0.25, -0.2) is 4.79 Å². The minimum absolute atomic E-state index is 0.0387. The van der Waals surface area contributed by atoms with Crippen molar-refractivity contribution in [3.05, 3.63) is 63.5 Å². The van der Waals surface area contributed by atoms with Crippen LogP contribution in [-0.4, -0.2) is 27.8 Å². The van der Waals surface area contributed by atoms with E-state index in [2.05, 4.69) is 4.98 Å². The van der Waals surface area contributed by atoms with E-state index in [-0.39, 0.29) is 22.3 Å². The van der Waals surface area contributed by atoms with Gasteiger partial charge in [-0.15, -0.1) is 0 Å². The summed E-state index contributed by atoms with van der Waals surface area (Å²) in [4.78, 5) is 14.0. The van der Waals surface area contributed by atoms with E-state index < -0.39 is 29.4 Å².